The molecule has 28 heavy (non-hydrogen) atoms. The lowest BCUT2D eigenvalue weighted by molar-refractivity contribution is -0.123. The summed E-state index contributed by atoms with van der Waals surface area (Å²) < 4.78 is 1.65. The quantitative estimate of drug-likeness (QED) is 0.802. The highest BCUT2D eigenvalue weighted by Crippen LogP contribution is 2.16. The molecule has 7 nitrogen and oxygen atoms in total. The third-order valence-corrected chi connectivity index (χ3v) is 5.18. The van der Waals surface area contributed by atoms with Gasteiger partial charge in [-0.3, -0.25) is 14.5 Å². The lowest BCUT2D eigenvalue weighted by atomic mass is 10.2. The van der Waals surface area contributed by atoms with E-state index in [0.717, 1.165) is 12.1 Å². The van der Waals surface area contributed by atoms with Crippen LogP contribution in [-0.4, -0.2) is 70.2 Å². The van der Waals surface area contributed by atoms with E-state index in [1.165, 1.54) is 0 Å². The molecule has 1 aliphatic rings. The molecule has 0 bridgehead atoms. The first kappa shape index (κ1) is 20.4. The molecule has 2 aromatic rings. The smallest absolute Gasteiger partial charge is 0.257 e. The van der Waals surface area contributed by atoms with Crippen LogP contribution in [0.4, 0.5) is 0 Å². The van der Waals surface area contributed by atoms with Crippen LogP contribution in [-0.2, 0) is 4.79 Å². The second-order valence-corrected chi connectivity index (χ2v) is 7.54. The maximum atomic E-state index is 12.8. The summed E-state index contributed by atoms with van der Waals surface area (Å²) in [4.78, 5) is 28.7. The van der Waals surface area contributed by atoms with Crippen molar-refractivity contribution < 1.29 is 9.59 Å². The van der Waals surface area contributed by atoms with Crippen molar-refractivity contribution in [3.05, 3.63) is 47.2 Å². The number of benzene rings is 1. The van der Waals surface area contributed by atoms with Crippen molar-refractivity contribution >= 4 is 23.4 Å². The molecular formula is C20H26ClN5O2. The SMILES string of the molecule is CCC(C)NC(=O)CN1CCN(C(=O)c2cnn(-c3cccc(Cl)c3)c2)CC1. The summed E-state index contributed by atoms with van der Waals surface area (Å²) in [6.45, 7) is 6.97. The Hall–Kier alpha value is -2.38. The first-order valence-corrected chi connectivity index (χ1v) is 9.95. The van der Waals surface area contributed by atoms with Gasteiger partial charge in [-0.25, -0.2) is 4.68 Å². The monoisotopic (exact) mass is 403 g/mol. The van der Waals surface area contributed by atoms with Crippen LogP contribution >= 0.6 is 11.6 Å². The van der Waals surface area contributed by atoms with Gasteiger partial charge in [-0.05, 0) is 31.5 Å². The molecule has 1 saturated heterocycles. The number of nitrogens with one attached hydrogen (secondary N) is 1. The Morgan fingerprint density at radius 1 is 1.25 bits per heavy atom. The van der Waals surface area contributed by atoms with Crippen LogP contribution in [0.15, 0.2) is 36.7 Å². The van der Waals surface area contributed by atoms with Crippen LogP contribution in [0.5, 0.6) is 0 Å². The largest absolute Gasteiger partial charge is 0.353 e. The maximum Gasteiger partial charge on any atom is 0.257 e. The van der Waals surface area contributed by atoms with Gasteiger partial charge in [-0.15, -0.1) is 0 Å². The minimum absolute atomic E-state index is 0.0388. The fraction of sp³-hybridized carbons (Fsp3) is 0.450. The summed E-state index contributed by atoms with van der Waals surface area (Å²) in [5.41, 5.74) is 1.35. The molecule has 1 aromatic carbocycles. The van der Waals surface area contributed by atoms with Crippen molar-refractivity contribution in [1.82, 2.24) is 24.9 Å². The highest BCUT2D eigenvalue weighted by atomic mass is 35.5. The van der Waals surface area contributed by atoms with Crippen molar-refractivity contribution in [3.8, 4) is 5.69 Å². The number of carbonyl (C=O) groups excluding carboxylic acids is 2. The van der Waals surface area contributed by atoms with E-state index >= 15 is 0 Å². The molecule has 2 amide bonds. The van der Waals surface area contributed by atoms with Crippen molar-refractivity contribution in [1.29, 1.82) is 0 Å². The lowest BCUT2D eigenvalue weighted by Crippen LogP contribution is -2.51. The minimum atomic E-state index is -0.0445. The van der Waals surface area contributed by atoms with Crippen molar-refractivity contribution in [2.75, 3.05) is 32.7 Å². The number of piperazine rings is 1. The van der Waals surface area contributed by atoms with Crippen molar-refractivity contribution in [2.45, 2.75) is 26.3 Å². The molecule has 3 rings (SSSR count). The van der Waals surface area contributed by atoms with Gasteiger partial charge in [-0.1, -0.05) is 24.6 Å². The van der Waals surface area contributed by atoms with Crippen LogP contribution in [0, 0.1) is 0 Å². The van der Waals surface area contributed by atoms with Gasteiger partial charge in [0.2, 0.25) is 5.91 Å². The molecule has 1 atom stereocenters. The number of rotatable bonds is 6. The van der Waals surface area contributed by atoms with Gasteiger partial charge in [0.1, 0.15) is 0 Å². The van der Waals surface area contributed by atoms with Crippen LogP contribution in [0.3, 0.4) is 0 Å². The highest BCUT2D eigenvalue weighted by Gasteiger charge is 2.24. The molecule has 0 aliphatic carbocycles. The van der Waals surface area contributed by atoms with E-state index in [4.69, 9.17) is 11.6 Å². The predicted octanol–water partition coefficient (Wildman–Crippen LogP) is 2.20. The molecule has 0 radical (unpaired) electrons. The van der Waals surface area contributed by atoms with E-state index in [1.54, 1.807) is 29.2 Å². The molecule has 1 aliphatic heterocycles. The van der Waals surface area contributed by atoms with Gasteiger partial charge in [0.05, 0.1) is 24.0 Å². The number of halogens is 1. The normalized spacial score (nSPS) is 16.0. The molecule has 150 valence electrons. The predicted molar refractivity (Wildman–Crippen MR) is 109 cm³/mol. The summed E-state index contributed by atoms with van der Waals surface area (Å²) in [6, 6.07) is 7.51. The van der Waals surface area contributed by atoms with Gasteiger partial charge in [-0.2, -0.15) is 5.10 Å². The number of hydrogen-bond acceptors (Lipinski definition) is 4. The van der Waals surface area contributed by atoms with Crippen molar-refractivity contribution in [2.24, 2.45) is 0 Å². The third-order valence-electron chi connectivity index (χ3n) is 4.95. The molecule has 1 N–H and O–H groups in total. The van der Waals surface area contributed by atoms with Crippen molar-refractivity contribution in [3.63, 3.8) is 0 Å². The van der Waals surface area contributed by atoms with E-state index in [9.17, 15) is 9.59 Å². The fourth-order valence-electron chi connectivity index (χ4n) is 3.11. The molecule has 2 heterocycles. The molecule has 8 heteroatoms. The fourth-order valence-corrected chi connectivity index (χ4v) is 3.29. The Bertz CT molecular complexity index is 830. The standard InChI is InChI=1S/C20H26ClN5O2/c1-3-15(2)23-19(27)14-24-7-9-25(10-8-24)20(28)16-12-22-26(13-16)18-6-4-5-17(21)11-18/h4-6,11-13,15H,3,7-10,14H2,1-2H3,(H,23,27). The number of aromatic nitrogens is 2. The van der Waals surface area contributed by atoms with Gasteiger partial charge in [0.15, 0.2) is 0 Å². The van der Waals surface area contributed by atoms with E-state index in [2.05, 4.69) is 15.3 Å². The van der Waals surface area contributed by atoms with Crippen LogP contribution in [0.2, 0.25) is 5.02 Å². The van der Waals surface area contributed by atoms with E-state index in [0.29, 0.717) is 43.3 Å². The van der Waals surface area contributed by atoms with E-state index < -0.39 is 0 Å². The Morgan fingerprint density at radius 2 is 2.00 bits per heavy atom. The number of nitrogens with zero attached hydrogens (tertiary/aromatic N) is 4. The number of amides is 2. The second kappa shape index (κ2) is 9.21. The van der Waals surface area contributed by atoms with E-state index in [1.807, 2.05) is 30.9 Å². The summed E-state index contributed by atoms with van der Waals surface area (Å²) >= 11 is 6.02. The lowest BCUT2D eigenvalue weighted by Gasteiger charge is -2.34. The number of carbonyl (C=O) groups is 2. The summed E-state index contributed by atoms with van der Waals surface area (Å²) in [6.07, 6.45) is 4.21. The first-order valence-electron chi connectivity index (χ1n) is 9.58. The van der Waals surface area contributed by atoms with Gasteiger partial charge < -0.3 is 10.2 Å². The topological polar surface area (TPSA) is 70.5 Å². The average Bonchev–Trinajstić information content (AvgIpc) is 3.18. The Kier molecular flexibility index (Phi) is 6.70. The Balaban J connectivity index is 1.54. The molecule has 0 saturated carbocycles. The first-order chi connectivity index (χ1) is 13.5. The molecule has 0 spiro atoms. The minimum Gasteiger partial charge on any atom is -0.353 e. The van der Waals surface area contributed by atoms with Crippen LogP contribution in [0.1, 0.15) is 30.6 Å². The molecule has 1 unspecified atom stereocenters. The zero-order chi connectivity index (χ0) is 20.1. The molecular weight excluding hydrogens is 378 g/mol. The zero-order valence-electron chi connectivity index (χ0n) is 16.3. The Labute approximate surface area is 170 Å². The molecule has 1 fully saturated rings. The third kappa shape index (κ3) is 5.11. The summed E-state index contributed by atoms with van der Waals surface area (Å²) in [5.74, 6) is -0.00564. The highest BCUT2D eigenvalue weighted by molar-refractivity contribution is 6.30. The van der Waals surface area contributed by atoms with Crippen LogP contribution in [0.25, 0.3) is 5.69 Å². The average molecular weight is 404 g/mol. The van der Waals surface area contributed by atoms with Gasteiger partial charge >= 0.3 is 0 Å². The Morgan fingerprint density at radius 3 is 2.68 bits per heavy atom. The second-order valence-electron chi connectivity index (χ2n) is 7.10. The van der Waals surface area contributed by atoms with Gasteiger partial charge in [0.25, 0.3) is 5.91 Å². The van der Waals surface area contributed by atoms with Crippen LogP contribution < -0.4 is 5.32 Å². The molecule has 1 aromatic heterocycles. The maximum absolute atomic E-state index is 12.8. The zero-order valence-corrected chi connectivity index (χ0v) is 17.0. The number of hydrogen-bond donors (Lipinski definition) is 1. The van der Waals surface area contributed by atoms with Gasteiger partial charge in [0, 0.05) is 43.4 Å². The van der Waals surface area contributed by atoms with E-state index in [-0.39, 0.29) is 17.9 Å². The summed E-state index contributed by atoms with van der Waals surface area (Å²) in [7, 11) is 0. The summed E-state index contributed by atoms with van der Waals surface area (Å²) in [5, 5.41) is 7.88.